The number of benzene rings is 2. The van der Waals surface area contributed by atoms with E-state index < -0.39 is 0 Å². The second-order valence-corrected chi connectivity index (χ2v) is 7.28. The first kappa shape index (κ1) is 21.5. The van der Waals surface area contributed by atoms with Crippen LogP contribution in [0.5, 0.6) is 11.5 Å². The molecule has 0 bridgehead atoms. The lowest BCUT2D eigenvalue weighted by Gasteiger charge is -2.14. The lowest BCUT2D eigenvalue weighted by atomic mass is 10.1. The number of amides is 1. The number of nitrogens with one attached hydrogen (secondary N) is 1. The number of nitrogens with zero attached hydrogens (tertiary/aromatic N) is 1. The van der Waals surface area contributed by atoms with Crippen LogP contribution in [-0.2, 0) is 4.74 Å². The molecular weight excluding hydrogens is 376 g/mol. The van der Waals surface area contributed by atoms with Crippen molar-refractivity contribution in [2.24, 2.45) is 0 Å². The van der Waals surface area contributed by atoms with Crippen LogP contribution in [-0.4, -0.2) is 17.5 Å². The summed E-state index contributed by atoms with van der Waals surface area (Å²) in [5.74, 6) is 1.30. The summed E-state index contributed by atoms with van der Waals surface area (Å²) in [6, 6.07) is 18.8. The summed E-state index contributed by atoms with van der Waals surface area (Å²) in [5.41, 5.74) is 3.88. The number of aryl methyl sites for hydroxylation is 2. The van der Waals surface area contributed by atoms with Crippen molar-refractivity contribution in [1.29, 1.82) is 0 Å². The van der Waals surface area contributed by atoms with E-state index in [9.17, 15) is 4.79 Å². The maximum atomic E-state index is 12.7. The minimum atomic E-state index is -0.193. The van der Waals surface area contributed by atoms with E-state index in [1.165, 1.54) is 0 Å². The standard InChI is InChI=1S/C25H28N2O3/c1-5-15-29-19(4)24-14-13-23(18(3)26-24)25(28)27-20-9-11-21(12-10-20)30-22-8-6-7-17(2)16-22/h6-14,16,19H,5,15H2,1-4H3,(H,27,28). The molecule has 3 rings (SSSR count). The number of aromatic nitrogens is 1. The molecule has 1 atom stereocenters. The fraction of sp³-hybridized carbons (Fsp3) is 0.280. The average molecular weight is 405 g/mol. The highest BCUT2D eigenvalue weighted by molar-refractivity contribution is 6.05. The maximum Gasteiger partial charge on any atom is 0.257 e. The van der Waals surface area contributed by atoms with Gasteiger partial charge in [-0.25, -0.2) is 0 Å². The van der Waals surface area contributed by atoms with Gasteiger partial charge in [0.1, 0.15) is 11.5 Å². The van der Waals surface area contributed by atoms with Gasteiger partial charge in [0.2, 0.25) is 0 Å². The summed E-state index contributed by atoms with van der Waals surface area (Å²) in [5, 5.41) is 2.92. The van der Waals surface area contributed by atoms with Gasteiger partial charge in [-0.15, -0.1) is 0 Å². The van der Waals surface area contributed by atoms with E-state index in [2.05, 4.69) is 17.2 Å². The number of anilines is 1. The third kappa shape index (κ3) is 5.67. The van der Waals surface area contributed by atoms with Gasteiger partial charge in [-0.3, -0.25) is 9.78 Å². The summed E-state index contributed by atoms with van der Waals surface area (Å²) in [6.45, 7) is 8.59. The van der Waals surface area contributed by atoms with Crippen molar-refractivity contribution in [3.63, 3.8) is 0 Å². The Morgan fingerprint density at radius 3 is 2.47 bits per heavy atom. The van der Waals surface area contributed by atoms with Crippen LogP contribution in [0.25, 0.3) is 0 Å². The number of carbonyl (C=O) groups excluding carboxylic acids is 1. The fourth-order valence-corrected chi connectivity index (χ4v) is 3.05. The number of rotatable bonds is 8. The highest BCUT2D eigenvalue weighted by atomic mass is 16.5. The minimum absolute atomic E-state index is 0.0956. The molecule has 156 valence electrons. The molecule has 1 heterocycles. The lowest BCUT2D eigenvalue weighted by Crippen LogP contribution is -2.15. The second kappa shape index (κ2) is 10.0. The van der Waals surface area contributed by atoms with Gasteiger partial charge in [0, 0.05) is 12.3 Å². The highest BCUT2D eigenvalue weighted by Gasteiger charge is 2.14. The van der Waals surface area contributed by atoms with Crippen LogP contribution in [0.1, 0.15) is 53.7 Å². The van der Waals surface area contributed by atoms with Gasteiger partial charge in [-0.05, 0) is 81.3 Å². The first-order valence-corrected chi connectivity index (χ1v) is 10.2. The molecule has 0 aliphatic heterocycles. The smallest absolute Gasteiger partial charge is 0.257 e. The lowest BCUT2D eigenvalue weighted by molar-refractivity contribution is 0.0632. The molecule has 1 N–H and O–H groups in total. The zero-order valence-corrected chi connectivity index (χ0v) is 17.9. The van der Waals surface area contributed by atoms with E-state index in [-0.39, 0.29) is 12.0 Å². The van der Waals surface area contributed by atoms with Crippen molar-refractivity contribution >= 4 is 11.6 Å². The summed E-state index contributed by atoms with van der Waals surface area (Å²) < 4.78 is 11.6. The Bertz CT molecular complexity index is 1000. The molecular formula is C25H28N2O3. The van der Waals surface area contributed by atoms with E-state index in [1.807, 2.05) is 75.4 Å². The van der Waals surface area contributed by atoms with Crippen LogP contribution in [0.3, 0.4) is 0 Å². The quantitative estimate of drug-likeness (QED) is 0.483. The number of hydrogen-bond donors (Lipinski definition) is 1. The first-order valence-electron chi connectivity index (χ1n) is 10.2. The highest BCUT2D eigenvalue weighted by Crippen LogP contribution is 2.24. The predicted molar refractivity (Wildman–Crippen MR) is 119 cm³/mol. The first-order chi connectivity index (χ1) is 14.5. The molecule has 0 radical (unpaired) electrons. The summed E-state index contributed by atoms with van der Waals surface area (Å²) in [7, 11) is 0. The molecule has 30 heavy (non-hydrogen) atoms. The molecule has 0 aliphatic rings. The molecule has 0 spiro atoms. The van der Waals surface area contributed by atoms with Crippen molar-refractivity contribution < 1.29 is 14.3 Å². The molecule has 0 aliphatic carbocycles. The minimum Gasteiger partial charge on any atom is -0.457 e. The summed E-state index contributed by atoms with van der Waals surface area (Å²) in [4.78, 5) is 17.2. The van der Waals surface area contributed by atoms with Crippen LogP contribution >= 0.6 is 0 Å². The summed E-state index contributed by atoms with van der Waals surface area (Å²) >= 11 is 0. The van der Waals surface area contributed by atoms with Gasteiger partial charge in [-0.1, -0.05) is 19.1 Å². The topological polar surface area (TPSA) is 60.5 Å². The van der Waals surface area contributed by atoms with Gasteiger partial charge < -0.3 is 14.8 Å². The SMILES string of the molecule is CCCOC(C)c1ccc(C(=O)Nc2ccc(Oc3cccc(C)c3)cc2)c(C)n1. The Balaban J connectivity index is 1.64. The van der Waals surface area contributed by atoms with E-state index in [0.717, 1.165) is 23.4 Å². The number of carbonyl (C=O) groups is 1. The molecule has 0 saturated heterocycles. The van der Waals surface area contributed by atoms with Crippen LogP contribution in [0.2, 0.25) is 0 Å². The van der Waals surface area contributed by atoms with Crippen LogP contribution < -0.4 is 10.1 Å². The van der Waals surface area contributed by atoms with E-state index in [4.69, 9.17) is 9.47 Å². The van der Waals surface area contributed by atoms with Gasteiger partial charge in [0.05, 0.1) is 23.1 Å². The van der Waals surface area contributed by atoms with Crippen LogP contribution in [0.4, 0.5) is 5.69 Å². The van der Waals surface area contributed by atoms with Gasteiger partial charge in [0.15, 0.2) is 0 Å². The molecule has 1 amide bonds. The van der Waals surface area contributed by atoms with Gasteiger partial charge in [-0.2, -0.15) is 0 Å². The number of ether oxygens (including phenoxy) is 2. The fourth-order valence-electron chi connectivity index (χ4n) is 3.05. The molecule has 0 fully saturated rings. The van der Waals surface area contributed by atoms with E-state index >= 15 is 0 Å². The Kier molecular flexibility index (Phi) is 7.20. The predicted octanol–water partition coefficient (Wildman–Crippen LogP) is 6.23. The van der Waals surface area contributed by atoms with Crippen molar-refractivity contribution in [1.82, 2.24) is 4.98 Å². The van der Waals surface area contributed by atoms with Crippen molar-refractivity contribution in [3.8, 4) is 11.5 Å². The molecule has 5 heteroatoms. The molecule has 3 aromatic rings. The van der Waals surface area contributed by atoms with E-state index in [1.54, 1.807) is 6.07 Å². The number of hydrogen-bond acceptors (Lipinski definition) is 4. The molecule has 0 saturated carbocycles. The van der Waals surface area contributed by atoms with Crippen molar-refractivity contribution in [2.45, 2.75) is 40.2 Å². The van der Waals surface area contributed by atoms with Crippen molar-refractivity contribution in [2.75, 3.05) is 11.9 Å². The largest absolute Gasteiger partial charge is 0.457 e. The number of pyridine rings is 1. The maximum absolute atomic E-state index is 12.7. The van der Waals surface area contributed by atoms with Gasteiger partial charge in [0.25, 0.3) is 5.91 Å². The molecule has 2 aromatic carbocycles. The second-order valence-electron chi connectivity index (χ2n) is 7.28. The molecule has 5 nitrogen and oxygen atoms in total. The Labute approximate surface area is 178 Å². The molecule has 1 aromatic heterocycles. The van der Waals surface area contributed by atoms with E-state index in [0.29, 0.717) is 29.3 Å². The third-order valence-electron chi connectivity index (χ3n) is 4.68. The Hall–Kier alpha value is -3.18. The Morgan fingerprint density at radius 2 is 1.80 bits per heavy atom. The normalized spacial score (nSPS) is 11.7. The Morgan fingerprint density at radius 1 is 1.03 bits per heavy atom. The van der Waals surface area contributed by atoms with Crippen LogP contribution in [0.15, 0.2) is 60.7 Å². The zero-order valence-electron chi connectivity index (χ0n) is 17.9. The zero-order chi connectivity index (χ0) is 21.5. The van der Waals surface area contributed by atoms with Crippen LogP contribution in [0, 0.1) is 13.8 Å². The molecule has 1 unspecified atom stereocenters. The van der Waals surface area contributed by atoms with Crippen molar-refractivity contribution in [3.05, 3.63) is 83.2 Å². The van der Waals surface area contributed by atoms with Gasteiger partial charge >= 0.3 is 0 Å². The monoisotopic (exact) mass is 404 g/mol. The summed E-state index contributed by atoms with van der Waals surface area (Å²) in [6.07, 6.45) is 0.861. The third-order valence-corrected chi connectivity index (χ3v) is 4.68. The average Bonchev–Trinajstić information content (AvgIpc) is 2.73.